The lowest BCUT2D eigenvalue weighted by Crippen LogP contribution is -2.09. The van der Waals surface area contributed by atoms with E-state index in [9.17, 15) is 0 Å². The zero-order valence-corrected chi connectivity index (χ0v) is 15.7. The standard InChI is InChI=1S/C24H24O3/c1-17(18(2)20-11-12-23-24(15-20)26-16-25-23)13-19-7-6-10-22(14-19)27-21-8-4-3-5-9-21/h3-12,14-15,17-18H,13,16H2,1-2H3. The number of para-hydroxylation sites is 1. The Balaban J connectivity index is 1.44. The summed E-state index contributed by atoms with van der Waals surface area (Å²) in [6.45, 7) is 4.88. The zero-order chi connectivity index (χ0) is 18.6. The molecular formula is C24H24O3. The number of benzene rings is 3. The first-order valence-corrected chi connectivity index (χ1v) is 9.40. The Morgan fingerprint density at radius 3 is 2.44 bits per heavy atom. The minimum Gasteiger partial charge on any atom is -0.457 e. The third-order valence-electron chi connectivity index (χ3n) is 5.21. The van der Waals surface area contributed by atoms with Crippen molar-refractivity contribution in [2.24, 2.45) is 5.92 Å². The van der Waals surface area contributed by atoms with E-state index in [1.165, 1.54) is 11.1 Å². The fourth-order valence-electron chi connectivity index (χ4n) is 3.43. The van der Waals surface area contributed by atoms with Crippen molar-refractivity contribution >= 4 is 0 Å². The van der Waals surface area contributed by atoms with Gasteiger partial charge in [-0.05, 0) is 65.8 Å². The van der Waals surface area contributed by atoms with Gasteiger partial charge in [0.25, 0.3) is 0 Å². The van der Waals surface area contributed by atoms with E-state index < -0.39 is 0 Å². The summed E-state index contributed by atoms with van der Waals surface area (Å²) in [7, 11) is 0. The first-order chi connectivity index (χ1) is 13.2. The average Bonchev–Trinajstić information content (AvgIpc) is 3.16. The molecule has 1 aliphatic rings. The third kappa shape index (κ3) is 4.08. The van der Waals surface area contributed by atoms with Crippen LogP contribution in [0.2, 0.25) is 0 Å². The highest BCUT2D eigenvalue weighted by molar-refractivity contribution is 5.45. The Hall–Kier alpha value is -2.94. The van der Waals surface area contributed by atoms with Crippen LogP contribution >= 0.6 is 0 Å². The van der Waals surface area contributed by atoms with Crippen LogP contribution in [0.25, 0.3) is 0 Å². The maximum Gasteiger partial charge on any atom is 0.231 e. The molecule has 1 heterocycles. The summed E-state index contributed by atoms with van der Waals surface area (Å²) in [5.41, 5.74) is 2.56. The van der Waals surface area contributed by atoms with Crippen molar-refractivity contribution in [1.29, 1.82) is 0 Å². The molecule has 0 aromatic heterocycles. The largest absolute Gasteiger partial charge is 0.457 e. The van der Waals surface area contributed by atoms with E-state index in [1.54, 1.807) is 0 Å². The summed E-state index contributed by atoms with van der Waals surface area (Å²) < 4.78 is 16.9. The Bertz CT molecular complexity index is 905. The lowest BCUT2D eigenvalue weighted by atomic mass is 9.84. The molecular weight excluding hydrogens is 336 g/mol. The minimum absolute atomic E-state index is 0.316. The lowest BCUT2D eigenvalue weighted by Gasteiger charge is -2.21. The maximum atomic E-state index is 5.97. The van der Waals surface area contributed by atoms with Crippen LogP contribution in [0.3, 0.4) is 0 Å². The minimum atomic E-state index is 0.316. The van der Waals surface area contributed by atoms with Crippen molar-refractivity contribution in [3.8, 4) is 23.0 Å². The van der Waals surface area contributed by atoms with Crippen molar-refractivity contribution in [3.63, 3.8) is 0 Å². The fraction of sp³-hybridized carbons (Fsp3) is 0.250. The molecule has 0 saturated carbocycles. The van der Waals surface area contributed by atoms with Gasteiger partial charge in [-0.25, -0.2) is 0 Å². The Morgan fingerprint density at radius 2 is 1.59 bits per heavy atom. The van der Waals surface area contributed by atoms with Crippen LogP contribution in [-0.2, 0) is 6.42 Å². The summed E-state index contributed by atoms with van der Waals surface area (Å²) in [5.74, 6) is 4.32. The second-order valence-electron chi connectivity index (χ2n) is 7.15. The average molecular weight is 360 g/mol. The number of hydrogen-bond donors (Lipinski definition) is 0. The number of ether oxygens (including phenoxy) is 3. The maximum absolute atomic E-state index is 5.97. The van der Waals surface area contributed by atoms with Crippen molar-refractivity contribution in [2.75, 3.05) is 6.79 Å². The van der Waals surface area contributed by atoms with Crippen LogP contribution in [0.15, 0.2) is 72.8 Å². The molecule has 0 radical (unpaired) electrons. The van der Waals surface area contributed by atoms with Crippen molar-refractivity contribution in [3.05, 3.63) is 83.9 Å². The molecule has 0 N–H and O–H groups in total. The highest BCUT2D eigenvalue weighted by atomic mass is 16.7. The molecule has 3 nitrogen and oxygen atoms in total. The van der Waals surface area contributed by atoms with Crippen molar-refractivity contribution < 1.29 is 14.2 Å². The van der Waals surface area contributed by atoms with Crippen LogP contribution in [0, 0.1) is 5.92 Å². The Kier molecular flexibility index (Phi) is 5.01. The van der Waals surface area contributed by atoms with Gasteiger partial charge in [-0.15, -0.1) is 0 Å². The molecule has 27 heavy (non-hydrogen) atoms. The van der Waals surface area contributed by atoms with Crippen molar-refractivity contribution in [1.82, 2.24) is 0 Å². The van der Waals surface area contributed by atoms with Gasteiger partial charge in [0.1, 0.15) is 11.5 Å². The smallest absolute Gasteiger partial charge is 0.231 e. The Labute approximate surface area is 160 Å². The second-order valence-corrected chi connectivity index (χ2v) is 7.15. The summed E-state index contributed by atoms with van der Waals surface area (Å²) in [6.07, 6.45) is 0.988. The summed E-state index contributed by atoms with van der Waals surface area (Å²) in [5, 5.41) is 0. The highest BCUT2D eigenvalue weighted by Crippen LogP contribution is 2.37. The molecule has 2 unspecified atom stereocenters. The molecule has 0 saturated heterocycles. The number of rotatable bonds is 6. The van der Waals surface area contributed by atoms with Crippen molar-refractivity contribution in [2.45, 2.75) is 26.2 Å². The molecule has 0 fully saturated rings. The summed E-state index contributed by atoms with van der Waals surface area (Å²) in [4.78, 5) is 0. The van der Waals surface area contributed by atoms with Gasteiger partial charge in [0.05, 0.1) is 0 Å². The lowest BCUT2D eigenvalue weighted by molar-refractivity contribution is 0.174. The van der Waals surface area contributed by atoms with Gasteiger partial charge in [0.2, 0.25) is 6.79 Å². The fourth-order valence-corrected chi connectivity index (χ4v) is 3.43. The predicted molar refractivity (Wildman–Crippen MR) is 107 cm³/mol. The normalized spacial score (nSPS) is 14.6. The summed E-state index contributed by atoms with van der Waals surface area (Å²) >= 11 is 0. The quantitative estimate of drug-likeness (QED) is 0.524. The zero-order valence-electron chi connectivity index (χ0n) is 15.7. The van der Waals surface area contributed by atoms with Gasteiger partial charge in [-0.2, -0.15) is 0 Å². The van der Waals surface area contributed by atoms with E-state index in [2.05, 4.69) is 44.2 Å². The summed E-state index contributed by atoms with van der Waals surface area (Å²) in [6, 6.07) is 24.5. The van der Waals surface area contributed by atoms with Gasteiger partial charge in [0.15, 0.2) is 11.5 Å². The molecule has 3 aromatic carbocycles. The monoisotopic (exact) mass is 360 g/mol. The molecule has 0 bridgehead atoms. The number of hydrogen-bond acceptors (Lipinski definition) is 3. The van der Waals surface area contributed by atoms with Gasteiger partial charge < -0.3 is 14.2 Å². The van der Waals surface area contributed by atoms with E-state index in [-0.39, 0.29) is 0 Å². The molecule has 138 valence electrons. The Morgan fingerprint density at radius 1 is 0.815 bits per heavy atom. The van der Waals surface area contributed by atoms with Gasteiger partial charge in [-0.1, -0.05) is 50.2 Å². The van der Waals surface area contributed by atoms with Crippen LogP contribution in [0.4, 0.5) is 0 Å². The first-order valence-electron chi connectivity index (χ1n) is 9.40. The van der Waals surface area contributed by atoms with E-state index in [1.807, 2.05) is 42.5 Å². The topological polar surface area (TPSA) is 27.7 Å². The molecule has 0 aliphatic carbocycles. The van der Waals surface area contributed by atoms with E-state index in [0.717, 1.165) is 29.4 Å². The van der Waals surface area contributed by atoms with Crippen LogP contribution in [0.1, 0.15) is 30.9 Å². The predicted octanol–water partition coefficient (Wildman–Crippen LogP) is 6.19. The third-order valence-corrected chi connectivity index (χ3v) is 5.21. The SMILES string of the molecule is CC(Cc1cccc(Oc2ccccc2)c1)C(C)c1ccc2c(c1)OCO2. The van der Waals surface area contributed by atoms with Gasteiger partial charge >= 0.3 is 0 Å². The van der Waals surface area contributed by atoms with Crippen LogP contribution in [0.5, 0.6) is 23.0 Å². The van der Waals surface area contributed by atoms with Gasteiger partial charge in [0, 0.05) is 0 Å². The molecule has 2 atom stereocenters. The molecule has 0 spiro atoms. The molecule has 0 amide bonds. The number of fused-ring (bicyclic) bond motifs is 1. The highest BCUT2D eigenvalue weighted by Gasteiger charge is 2.19. The second kappa shape index (κ2) is 7.75. The first kappa shape index (κ1) is 17.5. The molecule has 1 aliphatic heterocycles. The molecule has 3 heteroatoms. The van der Waals surface area contributed by atoms with Crippen LogP contribution in [-0.4, -0.2) is 6.79 Å². The van der Waals surface area contributed by atoms with E-state index in [0.29, 0.717) is 18.6 Å². The van der Waals surface area contributed by atoms with E-state index >= 15 is 0 Å². The van der Waals surface area contributed by atoms with E-state index in [4.69, 9.17) is 14.2 Å². The molecule has 3 aromatic rings. The van der Waals surface area contributed by atoms with Gasteiger partial charge in [-0.3, -0.25) is 0 Å². The molecule has 4 rings (SSSR count). The van der Waals surface area contributed by atoms with Crippen LogP contribution < -0.4 is 14.2 Å².